The Morgan fingerprint density at radius 1 is 1.40 bits per heavy atom. The number of rotatable bonds is 3. The molecule has 0 unspecified atom stereocenters. The summed E-state index contributed by atoms with van der Waals surface area (Å²) in [5.74, 6) is 8.42. The molecule has 3 heteroatoms. The second kappa shape index (κ2) is 6.08. The molecule has 100 valence electrons. The largest absolute Gasteiger partial charge is 0.334 e. The van der Waals surface area contributed by atoms with Crippen LogP contribution in [0.15, 0.2) is 24.4 Å². The molecule has 1 aromatic carbocycles. The number of hydrogen-bond acceptors (Lipinski definition) is 1. The molecule has 0 aliphatic carbocycles. The first-order chi connectivity index (χ1) is 9.65. The maximum Gasteiger partial charge on any atom is 0.126 e. The third-order valence-electron chi connectivity index (χ3n) is 3.06. The van der Waals surface area contributed by atoms with E-state index >= 15 is 0 Å². The second-order valence-corrected chi connectivity index (χ2v) is 4.42. The predicted molar refractivity (Wildman–Crippen MR) is 78.3 cm³/mol. The summed E-state index contributed by atoms with van der Waals surface area (Å²) < 4.78 is 15.3. The number of terminal acetylenes is 1. The van der Waals surface area contributed by atoms with Gasteiger partial charge in [-0.05, 0) is 49.5 Å². The number of nitrogens with zero attached hydrogens (tertiary/aromatic N) is 2. The smallest absolute Gasteiger partial charge is 0.126 e. The van der Waals surface area contributed by atoms with Gasteiger partial charge in [0.05, 0.1) is 12.1 Å². The number of imidazole rings is 1. The first kappa shape index (κ1) is 13.9. The summed E-state index contributed by atoms with van der Waals surface area (Å²) in [5.41, 5.74) is 2.34. The van der Waals surface area contributed by atoms with Gasteiger partial charge in [0.1, 0.15) is 11.6 Å². The number of hydrogen-bond donors (Lipinski definition) is 0. The summed E-state index contributed by atoms with van der Waals surface area (Å²) in [4.78, 5) is 4.56. The summed E-state index contributed by atoms with van der Waals surface area (Å²) in [6.07, 6.45) is 7.57. The van der Waals surface area contributed by atoms with Crippen molar-refractivity contribution in [3.8, 4) is 35.4 Å². The van der Waals surface area contributed by atoms with E-state index in [2.05, 4.69) is 22.7 Å². The van der Waals surface area contributed by atoms with Gasteiger partial charge in [-0.1, -0.05) is 5.92 Å². The fraction of sp³-hybridized carbons (Fsp3) is 0.235. The molecule has 0 spiro atoms. The highest BCUT2D eigenvalue weighted by molar-refractivity contribution is 5.59. The van der Waals surface area contributed by atoms with E-state index in [0.717, 1.165) is 23.6 Å². The van der Waals surface area contributed by atoms with E-state index in [1.54, 1.807) is 19.1 Å². The van der Waals surface area contributed by atoms with Gasteiger partial charge < -0.3 is 4.57 Å². The highest BCUT2D eigenvalue weighted by Crippen LogP contribution is 2.21. The van der Waals surface area contributed by atoms with Gasteiger partial charge in [0.2, 0.25) is 0 Å². The van der Waals surface area contributed by atoms with Crippen molar-refractivity contribution in [2.24, 2.45) is 0 Å². The Hall–Kier alpha value is -2.52. The van der Waals surface area contributed by atoms with Crippen LogP contribution in [0, 0.1) is 36.9 Å². The summed E-state index contributed by atoms with van der Waals surface area (Å²) in [6.45, 7) is 4.59. The zero-order chi connectivity index (χ0) is 14.5. The molecule has 0 atom stereocenters. The lowest BCUT2D eigenvalue weighted by atomic mass is 10.1. The van der Waals surface area contributed by atoms with E-state index in [4.69, 9.17) is 6.42 Å². The Morgan fingerprint density at radius 3 is 2.85 bits per heavy atom. The molecule has 0 fully saturated rings. The van der Waals surface area contributed by atoms with Gasteiger partial charge in [-0.3, -0.25) is 0 Å². The Bertz CT molecular complexity index is 724. The molecule has 20 heavy (non-hydrogen) atoms. The zero-order valence-electron chi connectivity index (χ0n) is 11.6. The number of aryl methyl sites for hydroxylation is 2. The lowest BCUT2D eigenvalue weighted by Crippen LogP contribution is -1.99. The Morgan fingerprint density at radius 2 is 2.20 bits per heavy atom. The Labute approximate surface area is 118 Å². The monoisotopic (exact) mass is 266 g/mol. The van der Waals surface area contributed by atoms with E-state index < -0.39 is 0 Å². The van der Waals surface area contributed by atoms with Crippen molar-refractivity contribution in [2.75, 3.05) is 0 Å². The molecule has 0 saturated carbocycles. The van der Waals surface area contributed by atoms with Gasteiger partial charge in [0, 0.05) is 18.3 Å². The Balaban J connectivity index is 2.38. The van der Waals surface area contributed by atoms with Crippen LogP contribution in [0.5, 0.6) is 0 Å². The van der Waals surface area contributed by atoms with Crippen molar-refractivity contribution in [3.05, 3.63) is 41.6 Å². The number of aromatic nitrogens is 2. The fourth-order valence-corrected chi connectivity index (χ4v) is 1.99. The van der Waals surface area contributed by atoms with Crippen LogP contribution in [0.4, 0.5) is 4.39 Å². The van der Waals surface area contributed by atoms with Crippen LogP contribution in [0.2, 0.25) is 0 Å². The maximum atomic E-state index is 13.3. The molecule has 2 nitrogen and oxygen atoms in total. The number of benzene rings is 1. The lowest BCUT2D eigenvalue weighted by molar-refractivity contribution is 0.619. The van der Waals surface area contributed by atoms with E-state index in [0.29, 0.717) is 12.0 Å². The minimum absolute atomic E-state index is 0.205. The van der Waals surface area contributed by atoms with Gasteiger partial charge in [-0.25, -0.2) is 9.37 Å². The van der Waals surface area contributed by atoms with Crippen LogP contribution in [0.1, 0.15) is 18.3 Å². The first-order valence-electron chi connectivity index (χ1n) is 6.41. The van der Waals surface area contributed by atoms with E-state index in [9.17, 15) is 4.39 Å². The molecule has 1 heterocycles. The van der Waals surface area contributed by atoms with Gasteiger partial charge in [-0.15, -0.1) is 6.42 Å². The molecule has 2 rings (SSSR count). The van der Waals surface area contributed by atoms with E-state index in [1.807, 2.05) is 17.7 Å². The van der Waals surface area contributed by atoms with E-state index in [-0.39, 0.29) is 5.82 Å². The van der Waals surface area contributed by atoms with Crippen LogP contribution in [0.3, 0.4) is 0 Å². The van der Waals surface area contributed by atoms with Gasteiger partial charge in [-0.2, -0.15) is 0 Å². The zero-order valence-corrected chi connectivity index (χ0v) is 11.6. The third kappa shape index (κ3) is 2.90. The SMILES string of the molecule is C#CC#CCc1nc(-c2ccc(F)c(C)c2)cn1CC. The van der Waals surface area contributed by atoms with Gasteiger partial charge in [0.15, 0.2) is 0 Å². The van der Waals surface area contributed by atoms with Crippen molar-refractivity contribution in [2.45, 2.75) is 26.8 Å². The topological polar surface area (TPSA) is 17.8 Å². The van der Waals surface area contributed by atoms with Crippen LogP contribution in [-0.4, -0.2) is 9.55 Å². The quantitative estimate of drug-likeness (QED) is 0.780. The first-order valence-corrected chi connectivity index (χ1v) is 6.41. The summed E-state index contributed by atoms with van der Waals surface area (Å²) in [6, 6.07) is 5.00. The molecular formula is C17H15FN2. The summed E-state index contributed by atoms with van der Waals surface area (Å²) >= 11 is 0. The molecule has 0 N–H and O–H groups in total. The lowest BCUT2D eigenvalue weighted by Gasteiger charge is -2.00. The van der Waals surface area contributed by atoms with Crippen LogP contribution in [-0.2, 0) is 13.0 Å². The molecule has 2 aromatic rings. The highest BCUT2D eigenvalue weighted by Gasteiger charge is 2.09. The van der Waals surface area contributed by atoms with Crippen LogP contribution >= 0.6 is 0 Å². The van der Waals surface area contributed by atoms with Crippen LogP contribution in [0.25, 0.3) is 11.3 Å². The molecule has 0 aliphatic rings. The minimum Gasteiger partial charge on any atom is -0.334 e. The van der Waals surface area contributed by atoms with E-state index in [1.165, 1.54) is 6.07 Å². The van der Waals surface area contributed by atoms with Crippen molar-refractivity contribution >= 4 is 0 Å². The summed E-state index contributed by atoms with van der Waals surface area (Å²) in [7, 11) is 0. The highest BCUT2D eigenvalue weighted by atomic mass is 19.1. The molecule has 0 aliphatic heterocycles. The predicted octanol–water partition coefficient (Wildman–Crippen LogP) is 3.20. The molecule has 0 radical (unpaired) electrons. The van der Waals surface area contributed by atoms with Crippen molar-refractivity contribution in [1.82, 2.24) is 9.55 Å². The molecule has 0 amide bonds. The average molecular weight is 266 g/mol. The van der Waals surface area contributed by atoms with Crippen molar-refractivity contribution in [1.29, 1.82) is 0 Å². The van der Waals surface area contributed by atoms with Crippen LogP contribution < -0.4 is 0 Å². The van der Waals surface area contributed by atoms with Gasteiger partial charge in [0.25, 0.3) is 0 Å². The molecule has 0 saturated heterocycles. The average Bonchev–Trinajstić information content (AvgIpc) is 2.85. The minimum atomic E-state index is -0.205. The molecule has 0 bridgehead atoms. The van der Waals surface area contributed by atoms with Crippen molar-refractivity contribution in [3.63, 3.8) is 0 Å². The van der Waals surface area contributed by atoms with Gasteiger partial charge >= 0.3 is 0 Å². The van der Waals surface area contributed by atoms with Crippen molar-refractivity contribution < 1.29 is 4.39 Å². The fourth-order valence-electron chi connectivity index (χ4n) is 1.99. The standard InChI is InChI=1S/C17H15FN2/c1-4-6-7-8-17-19-16(12-20(17)5-2)14-9-10-15(18)13(3)11-14/h1,9-12H,5,8H2,2-3H3. The second-order valence-electron chi connectivity index (χ2n) is 4.42. The third-order valence-corrected chi connectivity index (χ3v) is 3.06. The molecule has 1 aromatic heterocycles. The molecular weight excluding hydrogens is 251 g/mol. The maximum absolute atomic E-state index is 13.3. The number of halogens is 1. The Kier molecular flexibility index (Phi) is 4.23. The normalized spacial score (nSPS) is 9.70. The summed E-state index contributed by atoms with van der Waals surface area (Å²) in [5, 5.41) is 0.